The molecule has 18 heavy (non-hydrogen) atoms. The third kappa shape index (κ3) is 1.91. The Bertz CT molecular complexity index is 543. The van der Waals surface area contributed by atoms with E-state index in [1.54, 1.807) is 16.1 Å². The number of rotatable bonds is 4. The second-order valence-electron chi connectivity index (χ2n) is 4.45. The minimum Gasteiger partial charge on any atom is -0.409 e. The van der Waals surface area contributed by atoms with Crippen LogP contribution in [0.15, 0.2) is 12.1 Å². The van der Waals surface area contributed by atoms with E-state index in [-0.39, 0.29) is 13.2 Å². The van der Waals surface area contributed by atoms with Crippen LogP contribution in [-0.2, 0) is 0 Å². The summed E-state index contributed by atoms with van der Waals surface area (Å²) in [7, 11) is 0. The average molecular weight is 267 g/mol. The molecule has 3 N–H and O–H groups in total. The van der Waals surface area contributed by atoms with Gasteiger partial charge in [-0.3, -0.25) is 0 Å². The van der Waals surface area contributed by atoms with Crippen LogP contribution in [0, 0.1) is 0 Å². The van der Waals surface area contributed by atoms with Crippen LogP contribution in [0.1, 0.15) is 12.8 Å². The Kier molecular flexibility index (Phi) is 3.05. The molecule has 1 saturated heterocycles. The minimum atomic E-state index is -0.0117. The Hall–Kier alpha value is -1.40. The number of hydrogen-bond acceptors (Lipinski definition) is 5. The fraction of sp³-hybridized carbons (Fsp3) is 0.500. The predicted molar refractivity (Wildman–Crippen MR) is 74.2 cm³/mol. The molecule has 0 aliphatic carbocycles. The fourth-order valence-electron chi connectivity index (χ4n) is 2.35. The van der Waals surface area contributed by atoms with Gasteiger partial charge in [-0.1, -0.05) is 0 Å². The summed E-state index contributed by atoms with van der Waals surface area (Å²) in [6.07, 6.45) is 2.54. The van der Waals surface area contributed by atoms with Gasteiger partial charge >= 0.3 is 0 Å². The van der Waals surface area contributed by atoms with Crippen LogP contribution in [0.3, 0.4) is 0 Å². The third-order valence-electron chi connectivity index (χ3n) is 3.19. The van der Waals surface area contributed by atoms with Crippen molar-refractivity contribution < 1.29 is 9.94 Å². The summed E-state index contributed by atoms with van der Waals surface area (Å²) in [4.78, 5) is 7.85. The Balaban J connectivity index is 1.93. The number of nitrogens with two attached hydrogens (primary N) is 1. The number of fused-ring (bicyclic) bond motifs is 1. The number of hydrogen-bond donors (Lipinski definition) is 2. The lowest BCUT2D eigenvalue weighted by atomic mass is 10.4. The van der Waals surface area contributed by atoms with Gasteiger partial charge in [-0.25, -0.2) is 0 Å². The highest BCUT2D eigenvalue weighted by Crippen LogP contribution is 2.36. The van der Waals surface area contributed by atoms with Crippen molar-refractivity contribution in [2.75, 3.05) is 36.9 Å². The molecule has 0 aromatic carbocycles. The number of aliphatic hydroxyl groups is 1. The van der Waals surface area contributed by atoms with Gasteiger partial charge in [0.1, 0.15) is 17.9 Å². The molecule has 3 heterocycles. The lowest BCUT2D eigenvalue weighted by molar-refractivity contribution is 0.0867. The Morgan fingerprint density at radius 3 is 2.83 bits per heavy atom. The van der Waals surface area contributed by atoms with Crippen LogP contribution in [0.5, 0.6) is 0 Å². The van der Waals surface area contributed by atoms with Crippen molar-refractivity contribution >= 4 is 32.4 Å². The number of nitrogens with zero attached hydrogens (tertiary/aromatic N) is 2. The summed E-state index contributed by atoms with van der Waals surface area (Å²) in [5, 5.41) is 10.1. The molecule has 6 heteroatoms. The predicted octanol–water partition coefficient (Wildman–Crippen LogP) is 1.31. The summed E-state index contributed by atoms with van der Waals surface area (Å²) in [6, 6.07) is 4.05. The van der Waals surface area contributed by atoms with Crippen molar-refractivity contribution in [3.8, 4) is 0 Å². The maximum Gasteiger partial charge on any atom is 0.141 e. The summed E-state index contributed by atoms with van der Waals surface area (Å²) in [5.41, 5.74) is 6.88. The molecule has 1 aliphatic heterocycles. The Morgan fingerprint density at radius 2 is 2.11 bits per heavy atom. The third-order valence-corrected chi connectivity index (χ3v) is 4.32. The zero-order valence-electron chi connectivity index (χ0n) is 10.1. The topological polar surface area (TPSA) is 63.7 Å². The molecule has 0 amide bonds. The van der Waals surface area contributed by atoms with Crippen molar-refractivity contribution in [3.63, 3.8) is 0 Å². The first-order valence-corrected chi connectivity index (χ1v) is 7.01. The molecule has 5 nitrogen and oxygen atoms in total. The van der Waals surface area contributed by atoms with Gasteiger partial charge in [0.25, 0.3) is 0 Å². The van der Waals surface area contributed by atoms with Crippen LogP contribution >= 0.6 is 11.3 Å². The van der Waals surface area contributed by atoms with E-state index in [0.29, 0.717) is 5.82 Å². The maximum absolute atomic E-state index is 8.82. The van der Waals surface area contributed by atoms with E-state index in [2.05, 4.69) is 11.0 Å². The highest BCUT2D eigenvalue weighted by molar-refractivity contribution is 7.22. The molecular formula is C12H17N3O2S. The molecule has 0 spiro atoms. The molecule has 2 aromatic rings. The van der Waals surface area contributed by atoms with Crippen LogP contribution in [0.25, 0.3) is 10.2 Å². The van der Waals surface area contributed by atoms with Crippen LogP contribution in [0.4, 0.5) is 10.8 Å². The number of anilines is 2. The molecule has 0 saturated carbocycles. The second-order valence-corrected chi connectivity index (χ2v) is 5.51. The SMILES string of the molecule is Nc1cc2sc(N3CCCC3)cc2n1OCCO. The normalized spacial score (nSPS) is 15.7. The lowest BCUT2D eigenvalue weighted by Gasteiger charge is -2.14. The average Bonchev–Trinajstić information content (AvgIpc) is 3.01. The highest BCUT2D eigenvalue weighted by Gasteiger charge is 2.18. The molecule has 0 bridgehead atoms. The van der Waals surface area contributed by atoms with E-state index >= 15 is 0 Å². The van der Waals surface area contributed by atoms with Gasteiger partial charge in [-0.05, 0) is 12.8 Å². The lowest BCUT2D eigenvalue weighted by Crippen LogP contribution is -2.17. The molecular weight excluding hydrogens is 250 g/mol. The van der Waals surface area contributed by atoms with Crippen molar-refractivity contribution in [1.82, 2.24) is 4.73 Å². The van der Waals surface area contributed by atoms with E-state index in [1.165, 1.54) is 17.8 Å². The summed E-state index contributed by atoms with van der Waals surface area (Å²) < 4.78 is 2.74. The number of nitrogen functional groups attached to an aromatic ring is 1. The smallest absolute Gasteiger partial charge is 0.141 e. The summed E-state index contributed by atoms with van der Waals surface area (Å²) in [5.74, 6) is 0.581. The molecule has 1 aliphatic rings. The highest BCUT2D eigenvalue weighted by atomic mass is 32.1. The number of aliphatic hydroxyl groups excluding tert-OH is 1. The van der Waals surface area contributed by atoms with Crippen molar-refractivity contribution in [1.29, 1.82) is 0 Å². The van der Waals surface area contributed by atoms with Crippen molar-refractivity contribution in [2.45, 2.75) is 12.8 Å². The monoisotopic (exact) mass is 267 g/mol. The van der Waals surface area contributed by atoms with Crippen molar-refractivity contribution in [3.05, 3.63) is 12.1 Å². The number of thiophene rings is 1. The van der Waals surface area contributed by atoms with E-state index in [1.807, 2.05) is 6.07 Å². The van der Waals surface area contributed by atoms with Gasteiger partial charge in [0.05, 0.1) is 16.3 Å². The first-order chi connectivity index (χ1) is 8.79. The molecule has 0 radical (unpaired) electrons. The van der Waals surface area contributed by atoms with Gasteiger partial charge in [0, 0.05) is 25.2 Å². The van der Waals surface area contributed by atoms with E-state index in [9.17, 15) is 0 Å². The Labute approximate surface area is 109 Å². The van der Waals surface area contributed by atoms with Crippen LogP contribution < -0.4 is 15.5 Å². The van der Waals surface area contributed by atoms with E-state index in [4.69, 9.17) is 15.7 Å². The largest absolute Gasteiger partial charge is 0.409 e. The minimum absolute atomic E-state index is 0.0117. The standard InChI is InChI=1S/C12H17N3O2S/c13-11-8-10-9(15(11)17-6-5-16)7-12(18-10)14-3-1-2-4-14/h7-8,16H,1-6,13H2. The zero-order chi connectivity index (χ0) is 12.5. The van der Waals surface area contributed by atoms with E-state index < -0.39 is 0 Å². The Morgan fingerprint density at radius 1 is 1.33 bits per heavy atom. The second kappa shape index (κ2) is 4.70. The van der Waals surface area contributed by atoms with Gasteiger partial charge in [-0.15, -0.1) is 11.3 Å². The van der Waals surface area contributed by atoms with Gasteiger partial charge in [0.2, 0.25) is 0 Å². The van der Waals surface area contributed by atoms with Gasteiger partial charge < -0.3 is 20.6 Å². The molecule has 98 valence electrons. The molecule has 2 aromatic heterocycles. The summed E-state index contributed by atoms with van der Waals surface area (Å²) in [6.45, 7) is 2.51. The zero-order valence-corrected chi connectivity index (χ0v) is 10.9. The quantitative estimate of drug-likeness (QED) is 0.876. The van der Waals surface area contributed by atoms with Gasteiger partial charge in [-0.2, -0.15) is 4.73 Å². The molecule has 0 unspecified atom stereocenters. The van der Waals surface area contributed by atoms with Crippen LogP contribution in [-0.4, -0.2) is 36.1 Å². The molecule has 3 rings (SSSR count). The molecule has 1 fully saturated rings. The fourth-order valence-corrected chi connectivity index (χ4v) is 3.48. The van der Waals surface area contributed by atoms with Gasteiger partial charge in [0.15, 0.2) is 0 Å². The summed E-state index contributed by atoms with van der Waals surface area (Å²) >= 11 is 1.75. The number of aromatic nitrogens is 1. The molecule has 0 atom stereocenters. The van der Waals surface area contributed by atoms with Crippen molar-refractivity contribution in [2.24, 2.45) is 0 Å². The van der Waals surface area contributed by atoms with E-state index in [0.717, 1.165) is 23.3 Å². The first-order valence-electron chi connectivity index (χ1n) is 6.19. The first kappa shape index (κ1) is 11.7. The maximum atomic E-state index is 8.82. The van der Waals surface area contributed by atoms with Crippen LogP contribution in [0.2, 0.25) is 0 Å².